The van der Waals surface area contributed by atoms with E-state index in [0.717, 1.165) is 53.0 Å². The van der Waals surface area contributed by atoms with Gasteiger partial charge in [-0.25, -0.2) is 0 Å². The highest BCUT2D eigenvalue weighted by Crippen LogP contribution is 2.36. The molecule has 0 radical (unpaired) electrons. The van der Waals surface area contributed by atoms with Gasteiger partial charge in [-0.2, -0.15) is 0 Å². The van der Waals surface area contributed by atoms with Crippen molar-refractivity contribution in [1.82, 2.24) is 4.98 Å². The number of nitrogens with one attached hydrogen (secondary N) is 1. The normalized spacial score (nSPS) is 13.9. The van der Waals surface area contributed by atoms with Crippen LogP contribution in [0.15, 0.2) is 53.5 Å². The molecule has 0 atom stereocenters. The lowest BCUT2D eigenvalue weighted by molar-refractivity contribution is 0.456. The molecule has 4 rings (SSSR count). The van der Waals surface area contributed by atoms with Gasteiger partial charge in [0.15, 0.2) is 5.88 Å². The second kappa shape index (κ2) is 6.25. The van der Waals surface area contributed by atoms with Crippen molar-refractivity contribution in [2.75, 3.05) is 6.54 Å². The van der Waals surface area contributed by atoms with Gasteiger partial charge in [-0.15, -0.1) is 0 Å². The second-order valence-electron chi connectivity index (χ2n) is 6.77. The number of hydrogen-bond donors (Lipinski definition) is 2. The fraction of sp³-hybridized carbons (Fsp3) is 0.227. The van der Waals surface area contributed by atoms with E-state index in [1.165, 1.54) is 11.1 Å². The Labute approximate surface area is 148 Å². The number of aromatic nitrogens is 1. The number of hydrogen-bond acceptors (Lipinski definition) is 2. The van der Waals surface area contributed by atoms with Crippen LogP contribution in [-0.2, 0) is 6.42 Å². The van der Waals surface area contributed by atoms with E-state index in [1.54, 1.807) is 0 Å². The lowest BCUT2D eigenvalue weighted by atomic mass is 9.95. The summed E-state index contributed by atoms with van der Waals surface area (Å²) in [6.45, 7) is 4.94. The monoisotopic (exact) mass is 330 g/mol. The van der Waals surface area contributed by atoms with Crippen molar-refractivity contribution < 1.29 is 5.11 Å². The molecule has 2 N–H and O–H groups in total. The van der Waals surface area contributed by atoms with Crippen molar-refractivity contribution in [3.63, 3.8) is 0 Å². The van der Waals surface area contributed by atoms with Crippen LogP contribution in [-0.4, -0.2) is 22.3 Å². The van der Waals surface area contributed by atoms with Crippen molar-refractivity contribution in [1.29, 1.82) is 0 Å². The summed E-state index contributed by atoms with van der Waals surface area (Å²) in [5.74, 6) is 0.215. The van der Waals surface area contributed by atoms with Crippen LogP contribution in [0.4, 0.5) is 0 Å². The Hall–Kier alpha value is -2.81. The van der Waals surface area contributed by atoms with Crippen LogP contribution in [0.1, 0.15) is 34.2 Å². The second-order valence-corrected chi connectivity index (χ2v) is 6.77. The third-order valence-corrected chi connectivity index (χ3v) is 4.84. The summed E-state index contributed by atoms with van der Waals surface area (Å²) in [5, 5.41) is 10.7. The zero-order chi connectivity index (χ0) is 17.4. The van der Waals surface area contributed by atoms with Crippen molar-refractivity contribution in [3.8, 4) is 17.1 Å². The molecule has 0 amide bonds. The molecule has 126 valence electrons. The first kappa shape index (κ1) is 15.7. The van der Waals surface area contributed by atoms with E-state index in [9.17, 15) is 5.11 Å². The number of aromatic amines is 1. The van der Waals surface area contributed by atoms with Gasteiger partial charge in [-0.3, -0.25) is 4.99 Å². The van der Waals surface area contributed by atoms with Crippen LogP contribution < -0.4 is 0 Å². The number of aromatic hydroxyl groups is 1. The Balaban J connectivity index is 1.87. The first-order chi connectivity index (χ1) is 12.1. The molecule has 0 bridgehead atoms. The average molecular weight is 330 g/mol. The minimum Gasteiger partial charge on any atom is -0.494 e. The number of nitrogens with zero attached hydrogens (tertiary/aromatic N) is 1. The number of H-pyrrole nitrogens is 1. The van der Waals surface area contributed by atoms with Crippen molar-refractivity contribution in [2.24, 2.45) is 4.99 Å². The molecule has 1 aliphatic rings. The minimum absolute atomic E-state index is 0.215. The van der Waals surface area contributed by atoms with E-state index in [-0.39, 0.29) is 5.88 Å². The summed E-state index contributed by atoms with van der Waals surface area (Å²) in [6, 6.07) is 16.8. The topological polar surface area (TPSA) is 48.4 Å². The molecular weight excluding hydrogens is 308 g/mol. The summed E-state index contributed by atoms with van der Waals surface area (Å²) in [4.78, 5) is 7.99. The number of rotatable bonds is 2. The SMILES string of the molecule is Cc1ccc(C2=NCCCc3c(-c4ccc(C)cc4)[nH]c(O)c32)cc1. The van der Waals surface area contributed by atoms with Crippen molar-refractivity contribution in [2.45, 2.75) is 26.7 Å². The minimum atomic E-state index is 0.215. The molecule has 3 nitrogen and oxygen atoms in total. The molecule has 0 aliphatic carbocycles. The van der Waals surface area contributed by atoms with Gasteiger partial charge >= 0.3 is 0 Å². The molecular formula is C22H22N2O. The van der Waals surface area contributed by atoms with Crippen LogP contribution in [0.5, 0.6) is 5.88 Å². The maximum Gasteiger partial charge on any atom is 0.198 e. The number of fused-ring (bicyclic) bond motifs is 1. The Morgan fingerprint density at radius 1 is 0.880 bits per heavy atom. The van der Waals surface area contributed by atoms with Gasteiger partial charge in [0.25, 0.3) is 0 Å². The summed E-state index contributed by atoms with van der Waals surface area (Å²) in [6.07, 6.45) is 1.90. The molecule has 3 heteroatoms. The van der Waals surface area contributed by atoms with Gasteiger partial charge < -0.3 is 10.1 Å². The predicted molar refractivity (Wildman–Crippen MR) is 103 cm³/mol. The smallest absolute Gasteiger partial charge is 0.198 e. The van der Waals surface area contributed by atoms with Gasteiger partial charge in [0.1, 0.15) is 0 Å². The summed E-state index contributed by atoms with van der Waals surface area (Å²) < 4.78 is 0. The molecule has 3 aromatic rings. The van der Waals surface area contributed by atoms with Crippen LogP contribution in [0.3, 0.4) is 0 Å². The Morgan fingerprint density at radius 3 is 2.12 bits per heavy atom. The molecule has 2 aromatic carbocycles. The van der Waals surface area contributed by atoms with Gasteiger partial charge in [0.2, 0.25) is 0 Å². The lowest BCUT2D eigenvalue weighted by Crippen LogP contribution is -2.04. The quantitative estimate of drug-likeness (QED) is 0.697. The highest BCUT2D eigenvalue weighted by atomic mass is 16.3. The van der Waals surface area contributed by atoms with Gasteiger partial charge in [-0.05, 0) is 37.8 Å². The number of aliphatic imine (C=N–C) groups is 1. The lowest BCUT2D eigenvalue weighted by Gasteiger charge is -2.08. The largest absolute Gasteiger partial charge is 0.494 e. The van der Waals surface area contributed by atoms with Gasteiger partial charge in [0.05, 0.1) is 17.0 Å². The molecule has 1 aromatic heterocycles. The number of benzene rings is 2. The molecule has 0 unspecified atom stereocenters. The maximum absolute atomic E-state index is 10.7. The molecule has 2 heterocycles. The molecule has 0 fully saturated rings. The fourth-order valence-corrected chi connectivity index (χ4v) is 3.47. The molecule has 25 heavy (non-hydrogen) atoms. The molecule has 1 aliphatic heterocycles. The Kier molecular flexibility index (Phi) is 3.92. The Morgan fingerprint density at radius 2 is 1.48 bits per heavy atom. The summed E-state index contributed by atoms with van der Waals surface area (Å²) in [5.41, 5.74) is 8.53. The first-order valence-corrected chi connectivity index (χ1v) is 8.76. The van der Waals surface area contributed by atoms with Crippen molar-refractivity contribution >= 4 is 5.71 Å². The standard InChI is InChI=1S/C22H22N2O/c1-14-5-9-16(10-6-14)20-18-4-3-13-23-21(19(18)22(25)24-20)17-11-7-15(2)8-12-17/h5-12,24-25H,3-4,13H2,1-2H3. The third kappa shape index (κ3) is 2.86. The maximum atomic E-state index is 10.7. The predicted octanol–water partition coefficient (Wildman–Crippen LogP) is 4.79. The highest BCUT2D eigenvalue weighted by molar-refractivity contribution is 6.16. The first-order valence-electron chi connectivity index (χ1n) is 8.76. The molecule has 0 saturated heterocycles. The number of aryl methyl sites for hydroxylation is 2. The average Bonchev–Trinajstić information content (AvgIpc) is 2.80. The van der Waals surface area contributed by atoms with Gasteiger partial charge in [0, 0.05) is 12.1 Å². The van der Waals surface area contributed by atoms with E-state index >= 15 is 0 Å². The van der Waals surface area contributed by atoms with Crippen LogP contribution in [0.25, 0.3) is 11.3 Å². The highest BCUT2D eigenvalue weighted by Gasteiger charge is 2.24. The summed E-state index contributed by atoms with van der Waals surface area (Å²) >= 11 is 0. The fourth-order valence-electron chi connectivity index (χ4n) is 3.47. The van der Waals surface area contributed by atoms with E-state index in [0.29, 0.717) is 0 Å². The van der Waals surface area contributed by atoms with Crippen LogP contribution in [0, 0.1) is 13.8 Å². The summed E-state index contributed by atoms with van der Waals surface area (Å²) in [7, 11) is 0. The third-order valence-electron chi connectivity index (χ3n) is 4.84. The van der Waals surface area contributed by atoms with Crippen molar-refractivity contribution in [3.05, 3.63) is 76.3 Å². The van der Waals surface area contributed by atoms with Crippen LogP contribution >= 0.6 is 0 Å². The van der Waals surface area contributed by atoms with Gasteiger partial charge in [-0.1, -0.05) is 59.7 Å². The van der Waals surface area contributed by atoms with E-state index in [4.69, 9.17) is 4.99 Å². The zero-order valence-corrected chi connectivity index (χ0v) is 14.6. The van der Waals surface area contributed by atoms with E-state index in [2.05, 4.69) is 67.4 Å². The zero-order valence-electron chi connectivity index (χ0n) is 14.6. The Bertz CT molecular complexity index is 931. The van der Waals surface area contributed by atoms with Crippen LogP contribution in [0.2, 0.25) is 0 Å². The van der Waals surface area contributed by atoms with E-state index < -0.39 is 0 Å². The molecule has 0 spiro atoms. The molecule has 0 saturated carbocycles. The van der Waals surface area contributed by atoms with E-state index in [1.807, 2.05) is 0 Å².